The molecule has 3 rings (SSSR count). The first-order chi connectivity index (χ1) is 7.90. The van der Waals surface area contributed by atoms with E-state index in [2.05, 4.69) is 9.97 Å². The maximum absolute atomic E-state index is 10.9. The molecule has 0 bridgehead atoms. The lowest BCUT2D eigenvalue weighted by Gasteiger charge is -2.03. The van der Waals surface area contributed by atoms with Crippen LogP contribution >= 0.6 is 0 Å². The number of benzene rings is 1. The molecule has 2 heterocycles. The third-order valence-electron chi connectivity index (χ3n) is 2.63. The highest BCUT2D eigenvalue weighted by molar-refractivity contribution is 6.07. The number of pyridine rings is 2. The van der Waals surface area contributed by atoms with Crippen molar-refractivity contribution in [3.63, 3.8) is 0 Å². The van der Waals surface area contributed by atoms with Crippen LogP contribution in [0.2, 0.25) is 0 Å². The lowest BCUT2D eigenvalue weighted by atomic mass is 10.1. The minimum absolute atomic E-state index is 0.579. The van der Waals surface area contributed by atoms with E-state index in [1.807, 2.05) is 24.3 Å². The van der Waals surface area contributed by atoms with Gasteiger partial charge in [0.1, 0.15) is 0 Å². The number of carbonyl (C=O) groups is 1. The Labute approximate surface area is 91.8 Å². The summed E-state index contributed by atoms with van der Waals surface area (Å²) < 4.78 is 0. The van der Waals surface area contributed by atoms with E-state index < -0.39 is 0 Å². The number of nitrogens with zero attached hydrogens (tertiary/aromatic N) is 2. The molecule has 0 atom stereocenters. The van der Waals surface area contributed by atoms with Gasteiger partial charge in [0, 0.05) is 28.7 Å². The molecule has 0 spiro atoms. The first-order valence-electron chi connectivity index (χ1n) is 4.98. The van der Waals surface area contributed by atoms with Crippen LogP contribution in [0.15, 0.2) is 42.7 Å². The Balaban J connectivity index is 2.57. The van der Waals surface area contributed by atoms with Gasteiger partial charge in [0.05, 0.1) is 11.0 Å². The summed E-state index contributed by atoms with van der Waals surface area (Å²) in [6.07, 6.45) is 4.22. The predicted octanol–water partition coefficient (Wildman–Crippen LogP) is 2.60. The van der Waals surface area contributed by atoms with Crippen LogP contribution in [0.4, 0.5) is 0 Å². The fourth-order valence-electron chi connectivity index (χ4n) is 1.86. The fourth-order valence-corrected chi connectivity index (χ4v) is 1.86. The van der Waals surface area contributed by atoms with Crippen molar-refractivity contribution in [3.8, 4) is 0 Å². The quantitative estimate of drug-likeness (QED) is 0.456. The van der Waals surface area contributed by atoms with Gasteiger partial charge in [-0.1, -0.05) is 24.3 Å². The van der Waals surface area contributed by atoms with Crippen LogP contribution in [0.3, 0.4) is 0 Å². The zero-order valence-electron chi connectivity index (χ0n) is 8.42. The van der Waals surface area contributed by atoms with Crippen molar-refractivity contribution in [2.75, 3.05) is 0 Å². The molecule has 3 aromatic rings. The smallest absolute Gasteiger partial charge is 0.152 e. The summed E-state index contributed by atoms with van der Waals surface area (Å²) in [4.78, 5) is 19.5. The maximum Gasteiger partial charge on any atom is 0.152 e. The molecule has 0 aliphatic heterocycles. The van der Waals surface area contributed by atoms with Crippen molar-refractivity contribution in [3.05, 3.63) is 48.3 Å². The van der Waals surface area contributed by atoms with Crippen LogP contribution in [0.25, 0.3) is 21.8 Å². The Bertz CT molecular complexity index is 692. The van der Waals surface area contributed by atoms with Gasteiger partial charge in [-0.3, -0.25) is 14.8 Å². The summed E-state index contributed by atoms with van der Waals surface area (Å²) in [5.74, 6) is 0. The highest BCUT2D eigenvalue weighted by Crippen LogP contribution is 2.22. The van der Waals surface area contributed by atoms with Crippen LogP contribution in [0.5, 0.6) is 0 Å². The summed E-state index contributed by atoms with van der Waals surface area (Å²) in [6, 6.07) is 9.56. The third-order valence-corrected chi connectivity index (χ3v) is 2.63. The van der Waals surface area contributed by atoms with Crippen molar-refractivity contribution in [1.82, 2.24) is 9.97 Å². The highest BCUT2D eigenvalue weighted by Gasteiger charge is 2.05. The van der Waals surface area contributed by atoms with E-state index in [1.165, 1.54) is 0 Å². The minimum atomic E-state index is 0.579. The van der Waals surface area contributed by atoms with Crippen molar-refractivity contribution in [2.24, 2.45) is 0 Å². The molecule has 0 N–H and O–H groups in total. The molecule has 3 heteroatoms. The van der Waals surface area contributed by atoms with Crippen molar-refractivity contribution in [1.29, 1.82) is 0 Å². The normalized spacial score (nSPS) is 10.8. The molecule has 0 saturated heterocycles. The standard InChI is InChI=1S/C13H8N2O/c16-8-10-5-6-14-13-11-4-2-1-3-9(11)7-15-12(10)13/h1-8H. The van der Waals surface area contributed by atoms with Crippen molar-refractivity contribution >= 4 is 28.1 Å². The number of hydrogen-bond donors (Lipinski definition) is 0. The van der Waals surface area contributed by atoms with Crippen LogP contribution in [-0.2, 0) is 0 Å². The molecular weight excluding hydrogens is 200 g/mol. The van der Waals surface area contributed by atoms with E-state index in [0.717, 1.165) is 22.6 Å². The number of rotatable bonds is 1. The van der Waals surface area contributed by atoms with E-state index in [-0.39, 0.29) is 0 Å². The molecule has 0 radical (unpaired) electrons. The maximum atomic E-state index is 10.9. The Morgan fingerprint density at radius 3 is 2.75 bits per heavy atom. The van der Waals surface area contributed by atoms with Crippen LogP contribution < -0.4 is 0 Å². The molecule has 3 nitrogen and oxygen atoms in total. The second-order valence-electron chi connectivity index (χ2n) is 3.56. The molecule has 1 aromatic carbocycles. The zero-order chi connectivity index (χ0) is 11.0. The Kier molecular flexibility index (Phi) is 1.90. The Morgan fingerprint density at radius 2 is 1.88 bits per heavy atom. The molecule has 0 amide bonds. The second kappa shape index (κ2) is 3.38. The average Bonchev–Trinajstić information content (AvgIpc) is 2.37. The predicted molar refractivity (Wildman–Crippen MR) is 62.4 cm³/mol. The van der Waals surface area contributed by atoms with Crippen LogP contribution in [-0.4, -0.2) is 16.3 Å². The van der Waals surface area contributed by atoms with Gasteiger partial charge in [-0.05, 0) is 6.07 Å². The third kappa shape index (κ3) is 1.18. The summed E-state index contributed by atoms with van der Waals surface area (Å²) >= 11 is 0. The number of carbonyl (C=O) groups excluding carboxylic acids is 1. The van der Waals surface area contributed by atoms with Gasteiger partial charge in [-0.2, -0.15) is 0 Å². The van der Waals surface area contributed by atoms with Gasteiger partial charge >= 0.3 is 0 Å². The molecule has 0 fully saturated rings. The minimum Gasteiger partial charge on any atom is -0.298 e. The monoisotopic (exact) mass is 208 g/mol. The summed E-state index contributed by atoms with van der Waals surface area (Å²) in [6.45, 7) is 0. The lowest BCUT2D eigenvalue weighted by molar-refractivity contribution is 0.112. The Hall–Kier alpha value is -2.29. The van der Waals surface area contributed by atoms with Gasteiger partial charge in [0.15, 0.2) is 6.29 Å². The van der Waals surface area contributed by atoms with Gasteiger partial charge in [0.2, 0.25) is 0 Å². The number of hydrogen-bond acceptors (Lipinski definition) is 3. The van der Waals surface area contributed by atoms with E-state index >= 15 is 0 Å². The SMILES string of the molecule is O=Cc1ccnc2c1ncc1ccccc12. The summed E-state index contributed by atoms with van der Waals surface area (Å²) in [5.41, 5.74) is 2.02. The molecule has 0 aliphatic carbocycles. The van der Waals surface area contributed by atoms with E-state index in [0.29, 0.717) is 11.1 Å². The number of aldehydes is 1. The number of aromatic nitrogens is 2. The molecule has 0 saturated carbocycles. The van der Waals surface area contributed by atoms with Gasteiger partial charge in [-0.15, -0.1) is 0 Å². The van der Waals surface area contributed by atoms with Crippen molar-refractivity contribution < 1.29 is 4.79 Å². The van der Waals surface area contributed by atoms with Gasteiger partial charge < -0.3 is 0 Å². The lowest BCUT2D eigenvalue weighted by Crippen LogP contribution is -1.90. The summed E-state index contributed by atoms with van der Waals surface area (Å²) in [7, 11) is 0. The van der Waals surface area contributed by atoms with Crippen LogP contribution in [0.1, 0.15) is 10.4 Å². The largest absolute Gasteiger partial charge is 0.298 e. The molecule has 16 heavy (non-hydrogen) atoms. The summed E-state index contributed by atoms with van der Waals surface area (Å²) in [5, 5.41) is 2.06. The van der Waals surface area contributed by atoms with Crippen molar-refractivity contribution in [2.45, 2.75) is 0 Å². The highest BCUT2D eigenvalue weighted by atomic mass is 16.1. The van der Waals surface area contributed by atoms with Crippen LogP contribution in [0, 0.1) is 0 Å². The molecule has 0 unspecified atom stereocenters. The van der Waals surface area contributed by atoms with Gasteiger partial charge in [-0.25, -0.2) is 0 Å². The first-order valence-corrected chi connectivity index (χ1v) is 4.98. The molecule has 0 aliphatic rings. The van der Waals surface area contributed by atoms with E-state index in [9.17, 15) is 4.79 Å². The zero-order valence-corrected chi connectivity index (χ0v) is 8.42. The van der Waals surface area contributed by atoms with Gasteiger partial charge in [0.25, 0.3) is 0 Å². The second-order valence-corrected chi connectivity index (χ2v) is 3.56. The topological polar surface area (TPSA) is 42.9 Å². The molecule has 2 aromatic heterocycles. The average molecular weight is 208 g/mol. The Morgan fingerprint density at radius 1 is 1.00 bits per heavy atom. The molecular formula is C13H8N2O. The van der Waals surface area contributed by atoms with E-state index in [1.54, 1.807) is 18.5 Å². The number of fused-ring (bicyclic) bond motifs is 3. The molecule has 76 valence electrons. The fraction of sp³-hybridized carbons (Fsp3) is 0. The van der Waals surface area contributed by atoms with E-state index in [4.69, 9.17) is 0 Å². The first kappa shape index (κ1) is 8.97.